The third-order valence-corrected chi connectivity index (χ3v) is 33.9. The van der Waals surface area contributed by atoms with Gasteiger partial charge in [-0.2, -0.15) is 0 Å². The first kappa shape index (κ1) is 81.5. The quantitative estimate of drug-likeness (QED) is 0.0123. The Labute approximate surface area is 616 Å². The van der Waals surface area contributed by atoms with E-state index in [0.717, 1.165) is 104 Å². The number of nitrogens with zero attached hydrogens (tertiary/aromatic N) is 4. The SMILES string of the molecule is F.NC(=O)CCSC1=C(SCCC(N)=O)SC(=C2SC(SCCc3ccc([N+](=O)[O-])cc3)=C(SCCc3ccc([N+](=O)[O-])cc3)S2)S1.NC(=O)CCSc1sc(=S)sc1SCCC(N)=O.O=c1sc(SCCc2ccc([N+](=O)[O-])cc2)c(SCCc2ccc([N+](=O)[O-])cc2)s1. The van der Waals surface area contributed by atoms with Gasteiger partial charge in [0.05, 0.1) is 62.0 Å². The predicted octanol–water partition coefficient (Wildman–Crippen LogP) is 16.6. The van der Waals surface area contributed by atoms with E-state index in [0.29, 0.717) is 35.9 Å². The first-order chi connectivity index (χ1) is 45.0. The van der Waals surface area contributed by atoms with Gasteiger partial charge >= 0.3 is 0 Å². The van der Waals surface area contributed by atoms with Crippen LogP contribution in [0.2, 0.25) is 0 Å². The highest BCUT2D eigenvalue weighted by Crippen LogP contribution is 2.66. The molecule has 0 radical (unpaired) electrons. The Morgan fingerprint density at radius 3 is 0.811 bits per heavy atom. The summed E-state index contributed by atoms with van der Waals surface area (Å²) in [6.45, 7) is 0. The number of nitro groups is 4. The van der Waals surface area contributed by atoms with E-state index in [1.165, 1.54) is 107 Å². The molecule has 0 bridgehead atoms. The van der Waals surface area contributed by atoms with Gasteiger partial charge in [0.15, 0.2) is 0 Å². The van der Waals surface area contributed by atoms with Crippen molar-refractivity contribution in [3.05, 3.63) is 197 Å². The summed E-state index contributed by atoms with van der Waals surface area (Å²) in [5.74, 6) is 4.33. The van der Waals surface area contributed by atoms with Crippen molar-refractivity contribution >= 4 is 245 Å². The number of thioether (sulfide) groups is 12. The number of primary amides is 4. The van der Waals surface area contributed by atoms with Crippen LogP contribution < -0.4 is 27.0 Å². The fourth-order valence-electron chi connectivity index (χ4n) is 7.09. The highest BCUT2D eigenvalue weighted by atomic mass is 32.3. The van der Waals surface area contributed by atoms with Crippen molar-refractivity contribution < 1.29 is 43.6 Å². The van der Waals surface area contributed by atoms with Gasteiger partial charge in [-0.1, -0.05) is 130 Å². The van der Waals surface area contributed by atoms with Gasteiger partial charge in [0.2, 0.25) is 23.6 Å². The molecular weight excluding hydrogens is 1560 g/mol. The summed E-state index contributed by atoms with van der Waals surface area (Å²) < 4.78 is 12.0. The Kier molecular flexibility index (Phi) is 37.2. The van der Waals surface area contributed by atoms with Crippen LogP contribution in [0.4, 0.5) is 27.5 Å². The maximum absolute atomic E-state index is 11.9. The van der Waals surface area contributed by atoms with Crippen molar-refractivity contribution in [3.63, 3.8) is 0 Å². The number of carbonyl (C=O) groups excluding carboxylic acids is 4. The van der Waals surface area contributed by atoms with Crippen LogP contribution in [-0.4, -0.2) is 89.3 Å². The van der Waals surface area contributed by atoms with Crippen molar-refractivity contribution in [2.45, 2.75) is 68.2 Å². The van der Waals surface area contributed by atoms with Crippen LogP contribution in [0.3, 0.4) is 0 Å². The molecule has 21 nitrogen and oxygen atoms in total. The maximum Gasteiger partial charge on any atom is 0.289 e. The topological polar surface area (TPSA) is 362 Å². The van der Waals surface area contributed by atoms with Gasteiger partial charge in [0.1, 0.15) is 3.14 Å². The van der Waals surface area contributed by atoms with E-state index < -0.39 is 19.7 Å². The second-order valence-corrected chi connectivity index (χ2v) is 39.5. The van der Waals surface area contributed by atoms with Crippen LogP contribution >= 0.6 is 199 Å². The second kappa shape index (κ2) is 43.4. The molecule has 508 valence electrons. The number of rotatable bonds is 36. The Morgan fingerprint density at radius 1 is 0.358 bits per heavy atom. The Balaban J connectivity index is 0.000000285. The summed E-state index contributed by atoms with van der Waals surface area (Å²) in [4.78, 5) is 97.7. The molecule has 0 unspecified atom stereocenters. The molecule has 6 aromatic rings. The van der Waals surface area contributed by atoms with Gasteiger partial charge < -0.3 is 22.9 Å². The fraction of sp³-hybridized carbons (Fsp3) is 0.286. The highest BCUT2D eigenvalue weighted by molar-refractivity contribution is 8.45. The molecule has 39 heteroatoms. The van der Waals surface area contributed by atoms with Crippen LogP contribution in [0.5, 0.6) is 0 Å². The summed E-state index contributed by atoms with van der Waals surface area (Å²) in [5.41, 5.74) is 25.3. The molecule has 2 aromatic heterocycles. The monoisotopic (exact) mass is 1610 g/mol. The lowest BCUT2D eigenvalue weighted by Crippen LogP contribution is -2.11. The average molecular weight is 1610 g/mol. The van der Waals surface area contributed by atoms with Crippen LogP contribution in [-0.2, 0) is 44.9 Å². The number of hydrogen-bond donors (Lipinski definition) is 4. The van der Waals surface area contributed by atoms with Crippen molar-refractivity contribution in [1.82, 2.24) is 0 Å². The molecule has 0 saturated carbocycles. The third kappa shape index (κ3) is 30.1. The largest absolute Gasteiger partial charge is 0.370 e. The molecule has 2 aliphatic heterocycles. The predicted molar refractivity (Wildman–Crippen MR) is 411 cm³/mol. The van der Waals surface area contributed by atoms with Gasteiger partial charge in [0, 0.05) is 120 Å². The molecule has 2 aliphatic rings. The molecule has 0 fully saturated rings. The molecule has 8 rings (SSSR count). The van der Waals surface area contributed by atoms with Crippen molar-refractivity contribution in [2.24, 2.45) is 22.9 Å². The summed E-state index contributed by atoms with van der Waals surface area (Å²) in [6.07, 6.45) is 4.30. The van der Waals surface area contributed by atoms with E-state index in [4.69, 9.17) is 35.2 Å². The van der Waals surface area contributed by atoms with Crippen molar-refractivity contribution in [3.8, 4) is 0 Å². The first-order valence-electron chi connectivity index (χ1n) is 27.3. The number of amides is 4. The number of halogens is 1. The van der Waals surface area contributed by atoms with E-state index >= 15 is 0 Å². The minimum atomic E-state index is -0.415. The van der Waals surface area contributed by atoms with E-state index in [-0.39, 0.29) is 68.0 Å². The lowest BCUT2D eigenvalue weighted by atomic mass is 10.1. The molecule has 0 saturated heterocycles. The molecule has 4 heterocycles. The molecule has 0 atom stereocenters. The molecule has 8 N–H and O–H groups in total. The Bertz CT molecular complexity index is 3630. The first-order valence-corrected chi connectivity index (χ1v) is 42.1. The van der Waals surface area contributed by atoms with Crippen LogP contribution in [0.25, 0.3) is 0 Å². The smallest absolute Gasteiger partial charge is 0.289 e. The van der Waals surface area contributed by atoms with E-state index in [1.54, 1.807) is 190 Å². The minimum absolute atomic E-state index is 0. The molecule has 4 amide bonds. The van der Waals surface area contributed by atoms with E-state index in [1.807, 2.05) is 0 Å². The number of carbonyl (C=O) groups is 4. The van der Waals surface area contributed by atoms with Crippen molar-refractivity contribution in [1.29, 1.82) is 0 Å². The zero-order valence-electron chi connectivity index (χ0n) is 49.3. The van der Waals surface area contributed by atoms with Gasteiger partial charge in [-0.25, -0.2) is 0 Å². The summed E-state index contributed by atoms with van der Waals surface area (Å²) in [5, 5.41) is 43.4. The fourth-order valence-corrected chi connectivity index (χ4v) is 30.8. The normalized spacial score (nSPS) is 12.5. The molecular formula is C56H57FN8O13S17. The second-order valence-electron chi connectivity index (χ2n) is 18.5. The average Bonchev–Trinajstić information content (AvgIpc) is 1.67. The number of non-ortho nitro benzene ring substituents is 4. The van der Waals surface area contributed by atoms with E-state index in [2.05, 4.69) is 0 Å². The van der Waals surface area contributed by atoms with Gasteiger partial charge in [-0.3, -0.25) is 69.1 Å². The minimum Gasteiger partial charge on any atom is -0.370 e. The summed E-state index contributed by atoms with van der Waals surface area (Å²) in [6, 6.07) is 26.3. The number of hydrogen-bond acceptors (Lipinski definition) is 30. The lowest BCUT2D eigenvalue weighted by molar-refractivity contribution is -0.385. The summed E-state index contributed by atoms with van der Waals surface area (Å²) in [7, 11) is 0. The Hall–Kier alpha value is -4.17. The maximum atomic E-state index is 11.9. The third-order valence-electron chi connectivity index (χ3n) is 11.7. The van der Waals surface area contributed by atoms with Gasteiger partial charge in [-0.05, 0) is 47.9 Å². The molecule has 95 heavy (non-hydrogen) atoms. The van der Waals surface area contributed by atoms with E-state index in [9.17, 15) is 64.4 Å². The zero-order valence-corrected chi connectivity index (χ0v) is 63.2. The highest BCUT2D eigenvalue weighted by Gasteiger charge is 2.31. The molecule has 0 aliphatic carbocycles. The zero-order chi connectivity index (χ0) is 68.1. The number of benzene rings is 4. The van der Waals surface area contributed by atoms with Crippen LogP contribution in [0.15, 0.2) is 144 Å². The van der Waals surface area contributed by atoms with Crippen LogP contribution in [0, 0.1) is 43.6 Å². The lowest BCUT2D eigenvalue weighted by Gasteiger charge is -2.06. The molecule has 4 aromatic carbocycles. The number of nitro benzene ring substituents is 4. The Morgan fingerprint density at radius 2 is 0.568 bits per heavy atom. The standard InChI is InChI=1S/C28H28N4O6S8.C19H16N2O5S4.C9H12N2O2S5.FH/c29-21(33)11-15-41-25-26(42-16-12-22(30)34)46-28(45-25)27-43-23(39-13-9-17-1-5-19(6-2-17)31(35)36)24(44-27)40-14-10-18-3-7-20(8-4-18)32(37)38;22-19-29-17(27-11-9-13-1-5-15(6-2-13)20(23)24)18(30-19)28-12-10-14-3-7-16(8-4-14)21(25)26;10-5(12)1-3-15-7-8(18-9(14)17-7)16-4-2-6(11)13;/h1-8H,9-16H2,(H2,29,33)(H2,30,34);1-8H,9-12H2;1-4H2,(H2,10,12)(H2,11,13);1H. The number of aryl methyl sites for hydroxylation is 4. The van der Waals surface area contributed by atoms with Crippen LogP contribution in [0.1, 0.15) is 47.9 Å². The van der Waals surface area contributed by atoms with Gasteiger partial charge in [-0.15, -0.1) is 117 Å². The molecule has 0 spiro atoms. The number of nitrogens with two attached hydrogens (primary N) is 4. The van der Waals surface area contributed by atoms with Crippen molar-refractivity contribution in [2.75, 3.05) is 46.0 Å². The van der Waals surface area contributed by atoms with Gasteiger partial charge in [0.25, 0.3) is 26.8 Å². The summed E-state index contributed by atoms with van der Waals surface area (Å²) >= 11 is 30.7.